The standard InChI is InChI=1S/C16H15BrCl2N2/c1-9-6-14(18)21-16(19)15(9)20-13-5-3-10-7-12(17)4-2-11(10)8-13/h2,4,6-7,13,20H,3,5,8H2,1H3. The molecule has 0 saturated carbocycles. The summed E-state index contributed by atoms with van der Waals surface area (Å²) in [6, 6.07) is 8.72. The van der Waals surface area contributed by atoms with Crippen LogP contribution < -0.4 is 5.32 Å². The highest BCUT2D eigenvalue weighted by atomic mass is 79.9. The molecule has 0 aliphatic heterocycles. The minimum Gasteiger partial charge on any atom is -0.379 e. The Morgan fingerprint density at radius 1 is 1.24 bits per heavy atom. The first-order chi connectivity index (χ1) is 10.0. The number of aryl methyl sites for hydroxylation is 2. The number of fused-ring (bicyclic) bond motifs is 1. The number of rotatable bonds is 2. The lowest BCUT2D eigenvalue weighted by Gasteiger charge is -2.27. The molecule has 1 N–H and O–H groups in total. The molecule has 0 radical (unpaired) electrons. The molecule has 0 amide bonds. The SMILES string of the molecule is Cc1cc(Cl)nc(Cl)c1NC1CCc2cc(Br)ccc2C1. The van der Waals surface area contributed by atoms with Crippen molar-refractivity contribution in [3.05, 3.63) is 55.7 Å². The Bertz CT molecular complexity index is 665. The minimum absolute atomic E-state index is 0.373. The van der Waals surface area contributed by atoms with E-state index in [1.54, 1.807) is 0 Å². The van der Waals surface area contributed by atoms with E-state index in [1.807, 2.05) is 13.0 Å². The minimum atomic E-state index is 0.373. The van der Waals surface area contributed by atoms with Gasteiger partial charge in [0.05, 0.1) is 5.69 Å². The van der Waals surface area contributed by atoms with Gasteiger partial charge in [-0.2, -0.15) is 0 Å². The van der Waals surface area contributed by atoms with Gasteiger partial charge in [0.15, 0.2) is 5.15 Å². The largest absolute Gasteiger partial charge is 0.379 e. The average molecular weight is 386 g/mol. The van der Waals surface area contributed by atoms with Crippen LogP contribution in [-0.2, 0) is 12.8 Å². The van der Waals surface area contributed by atoms with Crippen molar-refractivity contribution in [2.45, 2.75) is 32.2 Å². The fraction of sp³-hybridized carbons (Fsp3) is 0.312. The number of nitrogens with one attached hydrogen (secondary N) is 1. The predicted molar refractivity (Wildman–Crippen MR) is 92.6 cm³/mol. The van der Waals surface area contributed by atoms with Gasteiger partial charge in [-0.3, -0.25) is 0 Å². The van der Waals surface area contributed by atoms with Gasteiger partial charge in [0, 0.05) is 10.5 Å². The molecule has 1 unspecified atom stereocenters. The summed E-state index contributed by atoms with van der Waals surface area (Å²) < 4.78 is 1.15. The summed E-state index contributed by atoms with van der Waals surface area (Å²) in [5.74, 6) is 0. The van der Waals surface area contributed by atoms with Gasteiger partial charge in [0.25, 0.3) is 0 Å². The van der Waals surface area contributed by atoms with Crippen LogP contribution in [0.3, 0.4) is 0 Å². The Kier molecular flexibility index (Phi) is 4.43. The van der Waals surface area contributed by atoms with Gasteiger partial charge in [-0.05, 0) is 61.1 Å². The summed E-state index contributed by atoms with van der Waals surface area (Å²) >= 11 is 15.7. The van der Waals surface area contributed by atoms with Crippen molar-refractivity contribution in [3.63, 3.8) is 0 Å². The highest BCUT2D eigenvalue weighted by Gasteiger charge is 2.20. The molecular formula is C16H15BrCl2N2. The molecule has 1 aliphatic carbocycles. The zero-order valence-corrected chi connectivity index (χ0v) is 14.7. The van der Waals surface area contributed by atoms with Crippen LogP contribution in [0.15, 0.2) is 28.7 Å². The molecule has 1 heterocycles. The van der Waals surface area contributed by atoms with Crippen LogP contribution in [-0.4, -0.2) is 11.0 Å². The Labute approximate surface area is 143 Å². The molecule has 0 spiro atoms. The summed E-state index contributed by atoms with van der Waals surface area (Å²) in [6.45, 7) is 2.00. The number of benzene rings is 1. The number of halogens is 3. The second kappa shape index (κ2) is 6.15. The molecule has 2 aromatic rings. The van der Waals surface area contributed by atoms with Gasteiger partial charge in [0.2, 0.25) is 0 Å². The van der Waals surface area contributed by atoms with Gasteiger partial charge in [-0.1, -0.05) is 45.2 Å². The molecule has 110 valence electrons. The third kappa shape index (κ3) is 3.36. The van der Waals surface area contributed by atoms with Crippen LogP contribution in [0.2, 0.25) is 10.3 Å². The highest BCUT2D eigenvalue weighted by Crippen LogP contribution is 2.31. The quantitative estimate of drug-likeness (QED) is 0.697. The van der Waals surface area contributed by atoms with Crippen molar-refractivity contribution in [3.8, 4) is 0 Å². The lowest BCUT2D eigenvalue weighted by atomic mass is 9.88. The Morgan fingerprint density at radius 2 is 2.05 bits per heavy atom. The molecule has 1 aliphatic rings. The fourth-order valence-corrected chi connectivity index (χ4v) is 3.81. The van der Waals surface area contributed by atoms with E-state index in [2.05, 4.69) is 44.4 Å². The second-order valence-corrected chi connectivity index (χ2v) is 7.09. The molecule has 1 aromatic carbocycles. The molecule has 2 nitrogen and oxygen atoms in total. The van der Waals surface area contributed by atoms with E-state index < -0.39 is 0 Å². The normalized spacial score (nSPS) is 17.4. The van der Waals surface area contributed by atoms with Crippen LogP contribution in [0.5, 0.6) is 0 Å². The Morgan fingerprint density at radius 3 is 2.81 bits per heavy atom. The molecule has 21 heavy (non-hydrogen) atoms. The van der Waals surface area contributed by atoms with E-state index in [4.69, 9.17) is 23.2 Å². The van der Waals surface area contributed by atoms with Gasteiger partial charge < -0.3 is 5.32 Å². The third-order valence-corrected chi connectivity index (χ3v) is 4.85. The zero-order valence-electron chi connectivity index (χ0n) is 11.6. The van der Waals surface area contributed by atoms with Crippen molar-refractivity contribution in [1.29, 1.82) is 0 Å². The van der Waals surface area contributed by atoms with Crippen molar-refractivity contribution in [2.24, 2.45) is 0 Å². The van der Waals surface area contributed by atoms with Crippen LogP contribution in [0.1, 0.15) is 23.1 Å². The first-order valence-corrected chi connectivity index (χ1v) is 8.44. The summed E-state index contributed by atoms with van der Waals surface area (Å²) in [5.41, 5.74) is 4.75. The second-order valence-electron chi connectivity index (χ2n) is 5.42. The summed E-state index contributed by atoms with van der Waals surface area (Å²) in [4.78, 5) is 4.12. The summed E-state index contributed by atoms with van der Waals surface area (Å²) in [5, 5.41) is 4.41. The monoisotopic (exact) mass is 384 g/mol. The number of pyridine rings is 1. The molecule has 0 bridgehead atoms. The van der Waals surface area contributed by atoms with Gasteiger partial charge in [0.1, 0.15) is 5.15 Å². The van der Waals surface area contributed by atoms with Gasteiger partial charge >= 0.3 is 0 Å². The van der Waals surface area contributed by atoms with Gasteiger partial charge in [-0.15, -0.1) is 0 Å². The maximum atomic E-state index is 6.21. The number of aromatic nitrogens is 1. The van der Waals surface area contributed by atoms with Crippen LogP contribution in [0.25, 0.3) is 0 Å². The molecule has 0 fully saturated rings. The van der Waals surface area contributed by atoms with Gasteiger partial charge in [-0.25, -0.2) is 4.98 Å². The highest BCUT2D eigenvalue weighted by molar-refractivity contribution is 9.10. The maximum Gasteiger partial charge on any atom is 0.154 e. The van der Waals surface area contributed by atoms with E-state index in [9.17, 15) is 0 Å². The molecule has 3 rings (SSSR count). The smallest absolute Gasteiger partial charge is 0.154 e. The molecule has 1 atom stereocenters. The molecule has 0 saturated heterocycles. The van der Waals surface area contributed by atoms with Crippen molar-refractivity contribution >= 4 is 44.8 Å². The molecular weight excluding hydrogens is 371 g/mol. The number of nitrogens with zero attached hydrogens (tertiary/aromatic N) is 1. The van der Waals surface area contributed by atoms with E-state index >= 15 is 0 Å². The van der Waals surface area contributed by atoms with Crippen LogP contribution in [0, 0.1) is 6.92 Å². The number of hydrogen-bond acceptors (Lipinski definition) is 2. The van der Waals surface area contributed by atoms with E-state index in [0.717, 1.165) is 35.0 Å². The fourth-order valence-electron chi connectivity index (χ4n) is 2.82. The van der Waals surface area contributed by atoms with Crippen molar-refractivity contribution in [1.82, 2.24) is 4.98 Å². The predicted octanol–water partition coefficient (Wildman–Crippen LogP) is 5.43. The average Bonchev–Trinajstić information content (AvgIpc) is 2.43. The molecule has 1 aromatic heterocycles. The summed E-state index contributed by atoms with van der Waals surface area (Å²) in [7, 11) is 0. The topological polar surface area (TPSA) is 24.9 Å². The Balaban J connectivity index is 1.80. The number of hydrogen-bond donors (Lipinski definition) is 1. The van der Waals surface area contributed by atoms with Crippen LogP contribution >= 0.6 is 39.1 Å². The van der Waals surface area contributed by atoms with Crippen molar-refractivity contribution < 1.29 is 0 Å². The lowest BCUT2D eigenvalue weighted by Crippen LogP contribution is -2.28. The Hall–Kier alpha value is -0.770. The van der Waals surface area contributed by atoms with E-state index in [-0.39, 0.29) is 0 Å². The molecule has 5 heteroatoms. The van der Waals surface area contributed by atoms with E-state index in [0.29, 0.717) is 16.3 Å². The van der Waals surface area contributed by atoms with Crippen LogP contribution in [0.4, 0.5) is 5.69 Å². The number of anilines is 1. The zero-order chi connectivity index (χ0) is 15.0. The maximum absolute atomic E-state index is 6.21. The van der Waals surface area contributed by atoms with Crippen molar-refractivity contribution in [2.75, 3.05) is 5.32 Å². The lowest BCUT2D eigenvalue weighted by molar-refractivity contribution is 0.610. The van der Waals surface area contributed by atoms with E-state index in [1.165, 1.54) is 11.1 Å². The first kappa shape index (κ1) is 15.1. The third-order valence-electron chi connectivity index (χ3n) is 3.89. The summed E-state index contributed by atoms with van der Waals surface area (Å²) in [6.07, 6.45) is 3.16. The first-order valence-electron chi connectivity index (χ1n) is 6.89.